The minimum absolute atomic E-state index is 0.00334. The molecule has 4 N–H and O–H groups in total. The molecule has 18 heteroatoms. The second-order valence-corrected chi connectivity index (χ2v) is 21.6. The topological polar surface area (TPSA) is 168 Å². The Hall–Kier alpha value is -5.37. The molecule has 1 saturated heterocycles. The molecular weight excluding hydrogens is 950 g/mol. The summed E-state index contributed by atoms with van der Waals surface area (Å²) in [4.78, 5) is 52.6. The summed E-state index contributed by atoms with van der Waals surface area (Å²) in [5.41, 5.74) is 4.58. The van der Waals surface area contributed by atoms with Gasteiger partial charge in [-0.25, -0.2) is 18.2 Å². The number of ether oxygens (including phenoxy) is 4. The van der Waals surface area contributed by atoms with Crippen molar-refractivity contribution in [2.24, 2.45) is 5.41 Å². The van der Waals surface area contributed by atoms with Gasteiger partial charge in [0.15, 0.2) is 0 Å². The molecule has 3 amide bonds. The van der Waals surface area contributed by atoms with Crippen LogP contribution in [0.1, 0.15) is 95.9 Å². The maximum absolute atomic E-state index is 16.1. The molecule has 2 aliphatic heterocycles. The number of aliphatic hydroxyl groups excluding tert-OH is 1. The Bertz CT molecular complexity index is 2640. The number of likely N-dealkylation sites (tertiary alicyclic amines) is 1. The molecule has 2 aromatic heterocycles. The molecule has 4 heterocycles. The molecule has 0 unspecified atom stereocenters. The van der Waals surface area contributed by atoms with Crippen molar-refractivity contribution in [2.75, 3.05) is 46.1 Å². The van der Waals surface area contributed by atoms with E-state index < -0.39 is 76.9 Å². The molecule has 7 atom stereocenters. The minimum Gasteiger partial charge on any atom is -0.491 e. The number of β-amino-alcohol motifs (C(OH)–C–C–N with tert-alkyl or cyclic N) is 1. The van der Waals surface area contributed by atoms with E-state index in [1.54, 1.807) is 37.6 Å². The Morgan fingerprint density at radius 3 is 2.26 bits per heavy atom. The number of aliphatic hydroxyl groups is 1. The molecule has 3 aromatic carbocycles. The van der Waals surface area contributed by atoms with E-state index in [0.717, 1.165) is 50.3 Å². The zero-order valence-electron chi connectivity index (χ0n) is 42.7. The fourth-order valence-corrected chi connectivity index (χ4v) is 10.3. The summed E-state index contributed by atoms with van der Waals surface area (Å²) in [6.07, 6.45) is -1.04. The van der Waals surface area contributed by atoms with Crippen molar-refractivity contribution in [2.45, 2.75) is 130 Å². The van der Waals surface area contributed by atoms with Crippen molar-refractivity contribution < 1.29 is 51.6 Å². The van der Waals surface area contributed by atoms with Gasteiger partial charge in [-0.2, -0.15) is 0 Å². The Labute approximate surface area is 424 Å². The number of nitrogens with zero attached hydrogens (tertiary/aromatic N) is 3. The van der Waals surface area contributed by atoms with E-state index in [0.29, 0.717) is 12.1 Å². The Kier molecular flexibility index (Phi) is 17.6. The van der Waals surface area contributed by atoms with E-state index in [2.05, 4.69) is 20.6 Å². The van der Waals surface area contributed by atoms with Crippen LogP contribution >= 0.6 is 11.3 Å². The molecule has 0 bridgehead atoms. The van der Waals surface area contributed by atoms with Crippen LogP contribution in [0.15, 0.2) is 66.2 Å². The van der Waals surface area contributed by atoms with Gasteiger partial charge in [-0.05, 0) is 76.1 Å². The van der Waals surface area contributed by atoms with Crippen LogP contribution in [0.3, 0.4) is 0 Å². The predicted molar refractivity (Wildman–Crippen MR) is 270 cm³/mol. The van der Waals surface area contributed by atoms with Crippen LogP contribution in [0.4, 0.5) is 13.2 Å². The number of rotatable bonds is 21. The van der Waals surface area contributed by atoms with Gasteiger partial charge in [-0.3, -0.25) is 19.3 Å². The molecule has 0 aliphatic carbocycles. The number of hydrogen-bond acceptors (Lipinski definition) is 11. The van der Waals surface area contributed by atoms with Crippen molar-refractivity contribution in [3.05, 3.63) is 106 Å². The number of carbonyl (C=O) groups excluding carboxylic acids is 3. The lowest BCUT2D eigenvalue weighted by Crippen LogP contribution is -2.58. The second kappa shape index (κ2) is 23.2. The van der Waals surface area contributed by atoms with Crippen molar-refractivity contribution in [3.63, 3.8) is 0 Å². The SMILES string of the molecule is Cc1ncsc1-c1ccc(CNC(=O)[C@@H]2C[C@@H](O)CN2C(=O)[C@@H](NC(=O)COCCO[C@@H](C)[C@H](C)OCCOc2cc(F)c([C@@H]3c4[nH]c5ccccc5c4C[C@@H](C)N3CC(C)(C)F)c(F)c2)C(C)(C)C)cc1. The van der Waals surface area contributed by atoms with Crippen LogP contribution in [-0.4, -0.2) is 131 Å². The largest absolute Gasteiger partial charge is 0.491 e. The number of carbonyl (C=O) groups is 3. The normalized spacial score (nSPS) is 19.8. The molecule has 390 valence electrons. The lowest BCUT2D eigenvalue weighted by molar-refractivity contribution is -0.144. The first-order valence-corrected chi connectivity index (χ1v) is 25.5. The Morgan fingerprint density at radius 2 is 1.62 bits per heavy atom. The molecule has 0 spiro atoms. The molecule has 2 aliphatic rings. The van der Waals surface area contributed by atoms with E-state index in [4.69, 9.17) is 18.9 Å². The fraction of sp³-hybridized carbons (Fsp3) is 0.519. The smallest absolute Gasteiger partial charge is 0.246 e. The number of aromatic amines is 1. The van der Waals surface area contributed by atoms with Crippen LogP contribution < -0.4 is 15.4 Å². The van der Waals surface area contributed by atoms with E-state index in [-0.39, 0.29) is 76.4 Å². The lowest BCUT2D eigenvalue weighted by Gasteiger charge is -2.43. The zero-order valence-corrected chi connectivity index (χ0v) is 43.5. The first-order valence-electron chi connectivity index (χ1n) is 24.6. The molecule has 1 fully saturated rings. The van der Waals surface area contributed by atoms with Gasteiger partial charge >= 0.3 is 0 Å². The average molecular weight is 1020 g/mol. The van der Waals surface area contributed by atoms with E-state index >= 15 is 13.2 Å². The maximum atomic E-state index is 16.1. The number of benzene rings is 3. The van der Waals surface area contributed by atoms with Crippen LogP contribution in [0.25, 0.3) is 21.3 Å². The van der Waals surface area contributed by atoms with Crippen LogP contribution in [-0.2, 0) is 41.6 Å². The molecule has 0 radical (unpaired) electrons. The van der Waals surface area contributed by atoms with E-state index in [1.807, 2.05) is 81.1 Å². The summed E-state index contributed by atoms with van der Waals surface area (Å²) in [6, 6.07) is 14.8. The summed E-state index contributed by atoms with van der Waals surface area (Å²) in [6.45, 7) is 15.9. The predicted octanol–water partition coefficient (Wildman–Crippen LogP) is 7.98. The number of para-hydroxylation sites is 1. The third-order valence-corrected chi connectivity index (χ3v) is 14.3. The Morgan fingerprint density at radius 1 is 0.958 bits per heavy atom. The summed E-state index contributed by atoms with van der Waals surface area (Å²) in [5.74, 6) is -3.02. The third-order valence-electron chi connectivity index (χ3n) is 13.3. The molecule has 7 rings (SSSR count). The average Bonchev–Trinajstić information content (AvgIpc) is 4.04. The van der Waals surface area contributed by atoms with Gasteiger partial charge in [0, 0.05) is 66.4 Å². The van der Waals surface area contributed by atoms with Gasteiger partial charge in [0.2, 0.25) is 17.7 Å². The van der Waals surface area contributed by atoms with E-state index in [1.165, 1.54) is 18.7 Å². The number of thiazole rings is 1. The van der Waals surface area contributed by atoms with Crippen LogP contribution in [0.2, 0.25) is 0 Å². The Balaban J connectivity index is 0.836. The highest BCUT2D eigenvalue weighted by atomic mass is 32.1. The first kappa shape index (κ1) is 54.4. The summed E-state index contributed by atoms with van der Waals surface area (Å²) in [5, 5.41) is 17.3. The number of nitrogens with one attached hydrogen (secondary N) is 3. The number of aryl methyl sites for hydroxylation is 1. The second-order valence-electron chi connectivity index (χ2n) is 20.7. The van der Waals surface area contributed by atoms with Gasteiger partial charge in [0.1, 0.15) is 48.4 Å². The number of halogens is 3. The highest BCUT2D eigenvalue weighted by Gasteiger charge is 2.45. The molecule has 72 heavy (non-hydrogen) atoms. The van der Waals surface area contributed by atoms with Crippen molar-refractivity contribution in [1.29, 1.82) is 0 Å². The summed E-state index contributed by atoms with van der Waals surface area (Å²) >= 11 is 1.56. The highest BCUT2D eigenvalue weighted by Crippen LogP contribution is 2.44. The summed E-state index contributed by atoms with van der Waals surface area (Å²) in [7, 11) is 0. The van der Waals surface area contributed by atoms with Gasteiger partial charge in [0.05, 0.1) is 60.3 Å². The molecular formula is C54H69F3N6O8S. The highest BCUT2D eigenvalue weighted by molar-refractivity contribution is 7.13. The maximum Gasteiger partial charge on any atom is 0.246 e. The summed E-state index contributed by atoms with van der Waals surface area (Å²) < 4.78 is 70.5. The number of aromatic nitrogens is 2. The standard InChI is InChI=1S/C54H69F3N6O8S/c1-31-22-40-39-12-10-11-13-43(39)60-47(40)48(63(31)29-54(8,9)57)46-41(55)24-38(25-42(46)56)71-21-20-70-34(4)33(3)69-19-18-68-28-45(65)61-50(53(5,6)7)52(67)62-27-37(64)23-44(62)51(66)58-26-35-14-16-36(17-15-35)49-32(2)59-30-72-49/h10-17,24-25,30-31,33-34,37,44,48,50,60,64H,18-23,26-29H2,1-9H3,(H,58,66)(H,61,65)/t31-,33+,34+,37-,44+,48-,50-/m1/s1. The number of alkyl halides is 1. The van der Waals surface area contributed by atoms with Crippen LogP contribution in [0, 0.1) is 24.0 Å². The minimum atomic E-state index is -1.62. The third kappa shape index (κ3) is 13.2. The number of fused-ring (bicyclic) bond motifs is 3. The van der Waals surface area contributed by atoms with Gasteiger partial charge in [-0.15, -0.1) is 11.3 Å². The fourth-order valence-electron chi connectivity index (χ4n) is 9.51. The number of hydrogen-bond donors (Lipinski definition) is 4. The van der Waals surface area contributed by atoms with Crippen molar-refractivity contribution >= 4 is 40.0 Å². The number of H-pyrrole nitrogens is 1. The van der Waals surface area contributed by atoms with Crippen LogP contribution in [0.5, 0.6) is 5.75 Å². The molecule has 14 nitrogen and oxygen atoms in total. The lowest BCUT2D eigenvalue weighted by atomic mass is 9.85. The van der Waals surface area contributed by atoms with Gasteiger partial charge < -0.3 is 44.6 Å². The van der Waals surface area contributed by atoms with Crippen molar-refractivity contribution in [1.82, 2.24) is 30.4 Å². The van der Waals surface area contributed by atoms with E-state index in [9.17, 15) is 19.5 Å². The monoisotopic (exact) mass is 1020 g/mol. The van der Waals surface area contributed by atoms with Gasteiger partial charge in [-0.1, -0.05) is 63.2 Å². The first-order chi connectivity index (χ1) is 34.1. The quantitative estimate of drug-likeness (QED) is 0.0530. The zero-order chi connectivity index (χ0) is 52.1. The van der Waals surface area contributed by atoms with Crippen molar-refractivity contribution in [3.8, 4) is 16.2 Å². The molecule has 5 aromatic rings. The molecule has 0 saturated carbocycles. The van der Waals surface area contributed by atoms with Gasteiger partial charge in [0.25, 0.3) is 0 Å². The number of amides is 3.